The number of hydrogen-bond acceptors (Lipinski definition) is 1. The lowest BCUT2D eigenvalue weighted by Crippen LogP contribution is -1.80. The highest BCUT2D eigenvalue weighted by Crippen LogP contribution is 2.11. The highest BCUT2D eigenvalue weighted by molar-refractivity contribution is 7.10. The van der Waals surface area contributed by atoms with Crippen LogP contribution in [0.2, 0.25) is 0 Å². The fraction of sp³-hybridized carbons (Fsp3) is 0.571. The standard InChI is InChI=1S/C10H14S.C4H10/c1-9(2)5-3-6-10-7-4-8-11-10;1-4(2)3/h3-4,6-9H,5H2,1-2H3;4H,1-3H3/b6-3+;. The molecule has 0 aliphatic heterocycles. The Hall–Kier alpha value is -0.560. The predicted molar refractivity (Wildman–Crippen MR) is 73.3 cm³/mol. The van der Waals surface area contributed by atoms with Crippen LogP contribution in [0.15, 0.2) is 23.6 Å². The van der Waals surface area contributed by atoms with Gasteiger partial charge in [0.1, 0.15) is 0 Å². The average molecular weight is 224 g/mol. The van der Waals surface area contributed by atoms with E-state index in [2.05, 4.69) is 64.3 Å². The van der Waals surface area contributed by atoms with Gasteiger partial charge in [-0.2, -0.15) is 0 Å². The van der Waals surface area contributed by atoms with E-state index in [1.54, 1.807) is 11.3 Å². The number of hydrogen-bond donors (Lipinski definition) is 0. The van der Waals surface area contributed by atoms with Crippen molar-refractivity contribution in [3.63, 3.8) is 0 Å². The van der Waals surface area contributed by atoms with Gasteiger partial charge in [0.15, 0.2) is 0 Å². The Morgan fingerprint density at radius 3 is 2.20 bits per heavy atom. The molecule has 0 bridgehead atoms. The van der Waals surface area contributed by atoms with Crippen LogP contribution in [-0.2, 0) is 0 Å². The first-order chi connectivity index (χ1) is 7.02. The summed E-state index contributed by atoms with van der Waals surface area (Å²) in [5.41, 5.74) is 0. The number of allylic oxidation sites excluding steroid dienone is 1. The summed E-state index contributed by atoms with van der Waals surface area (Å²) in [6.45, 7) is 11.0. The minimum absolute atomic E-state index is 0.770. The summed E-state index contributed by atoms with van der Waals surface area (Å²) in [6, 6.07) is 4.22. The van der Waals surface area contributed by atoms with E-state index in [9.17, 15) is 0 Å². The molecule has 1 aromatic rings. The molecule has 0 unspecified atom stereocenters. The highest BCUT2D eigenvalue weighted by Gasteiger charge is 1.88. The van der Waals surface area contributed by atoms with E-state index >= 15 is 0 Å². The Bertz CT molecular complexity index is 240. The maximum Gasteiger partial charge on any atom is 0.0267 e. The third-order valence-corrected chi connectivity index (χ3v) is 2.27. The molecular weight excluding hydrogens is 200 g/mol. The molecule has 86 valence electrons. The molecule has 0 aliphatic carbocycles. The maximum atomic E-state index is 2.25. The lowest BCUT2D eigenvalue weighted by molar-refractivity contribution is 0.665. The van der Waals surface area contributed by atoms with Crippen molar-refractivity contribution >= 4 is 17.4 Å². The summed E-state index contributed by atoms with van der Waals surface area (Å²) in [5.74, 6) is 1.60. The minimum Gasteiger partial charge on any atom is -0.144 e. The first-order valence-corrected chi connectivity index (χ1v) is 6.60. The zero-order chi connectivity index (χ0) is 11.7. The molecule has 0 aromatic carbocycles. The molecule has 0 N–H and O–H groups in total. The molecule has 0 saturated heterocycles. The SMILES string of the molecule is CC(C)C.CC(C)C/C=C/c1cccs1. The van der Waals surface area contributed by atoms with Crippen LogP contribution >= 0.6 is 11.3 Å². The van der Waals surface area contributed by atoms with Gasteiger partial charge in [0, 0.05) is 4.88 Å². The van der Waals surface area contributed by atoms with Gasteiger partial charge in [0.25, 0.3) is 0 Å². The molecule has 0 radical (unpaired) electrons. The molecule has 0 fully saturated rings. The maximum absolute atomic E-state index is 2.25. The fourth-order valence-electron chi connectivity index (χ4n) is 0.842. The summed E-state index contributed by atoms with van der Waals surface area (Å²) in [7, 11) is 0. The van der Waals surface area contributed by atoms with Gasteiger partial charge in [-0.15, -0.1) is 11.3 Å². The van der Waals surface area contributed by atoms with Crippen LogP contribution in [0, 0.1) is 11.8 Å². The molecular formula is C14H24S. The van der Waals surface area contributed by atoms with Crippen molar-refractivity contribution in [2.75, 3.05) is 0 Å². The van der Waals surface area contributed by atoms with Gasteiger partial charge in [-0.1, -0.05) is 46.8 Å². The smallest absolute Gasteiger partial charge is 0.0267 e. The number of rotatable bonds is 3. The van der Waals surface area contributed by atoms with Crippen molar-refractivity contribution in [1.29, 1.82) is 0 Å². The van der Waals surface area contributed by atoms with Crippen molar-refractivity contribution in [3.8, 4) is 0 Å². The molecule has 0 amide bonds. The van der Waals surface area contributed by atoms with Crippen LogP contribution in [0.1, 0.15) is 45.9 Å². The van der Waals surface area contributed by atoms with Crippen molar-refractivity contribution in [1.82, 2.24) is 0 Å². The zero-order valence-corrected chi connectivity index (χ0v) is 11.5. The topological polar surface area (TPSA) is 0 Å². The monoisotopic (exact) mass is 224 g/mol. The van der Waals surface area contributed by atoms with Gasteiger partial charge in [-0.25, -0.2) is 0 Å². The van der Waals surface area contributed by atoms with E-state index in [-0.39, 0.29) is 0 Å². The van der Waals surface area contributed by atoms with E-state index in [0.717, 1.165) is 11.8 Å². The van der Waals surface area contributed by atoms with Crippen LogP contribution in [0.5, 0.6) is 0 Å². The molecule has 0 spiro atoms. The van der Waals surface area contributed by atoms with Crippen LogP contribution in [0.25, 0.3) is 6.08 Å². The second-order valence-corrected chi connectivity index (χ2v) is 5.76. The van der Waals surface area contributed by atoms with Crippen molar-refractivity contribution in [2.45, 2.75) is 41.0 Å². The van der Waals surface area contributed by atoms with E-state index in [1.165, 1.54) is 11.3 Å². The summed E-state index contributed by atoms with van der Waals surface area (Å²) in [6.07, 6.45) is 5.62. The molecule has 1 heteroatoms. The Morgan fingerprint density at radius 2 is 1.80 bits per heavy atom. The summed E-state index contributed by atoms with van der Waals surface area (Å²) in [5, 5.41) is 2.11. The van der Waals surface area contributed by atoms with Gasteiger partial charge >= 0.3 is 0 Å². The van der Waals surface area contributed by atoms with Gasteiger partial charge in [-0.3, -0.25) is 0 Å². The van der Waals surface area contributed by atoms with Crippen molar-refractivity contribution in [2.24, 2.45) is 11.8 Å². The normalized spacial score (nSPS) is 10.9. The quantitative estimate of drug-likeness (QED) is 0.638. The molecule has 0 atom stereocenters. The molecule has 0 aliphatic rings. The molecule has 1 heterocycles. The van der Waals surface area contributed by atoms with E-state index in [0.29, 0.717) is 0 Å². The molecule has 0 nitrogen and oxygen atoms in total. The van der Waals surface area contributed by atoms with Crippen molar-refractivity contribution < 1.29 is 0 Å². The Kier molecular flexibility index (Phi) is 8.40. The second kappa shape index (κ2) is 8.72. The number of thiophene rings is 1. The Balaban J connectivity index is 0.000000423. The lowest BCUT2D eigenvalue weighted by Gasteiger charge is -1.95. The minimum atomic E-state index is 0.770. The second-order valence-electron chi connectivity index (χ2n) is 4.78. The summed E-state index contributed by atoms with van der Waals surface area (Å²) >= 11 is 1.79. The summed E-state index contributed by atoms with van der Waals surface area (Å²) in [4.78, 5) is 1.35. The summed E-state index contributed by atoms with van der Waals surface area (Å²) < 4.78 is 0. The molecule has 1 rings (SSSR count). The van der Waals surface area contributed by atoms with Gasteiger partial charge in [0.05, 0.1) is 0 Å². The largest absolute Gasteiger partial charge is 0.144 e. The first kappa shape index (κ1) is 14.4. The van der Waals surface area contributed by atoms with Gasteiger partial charge < -0.3 is 0 Å². The fourth-order valence-corrected chi connectivity index (χ4v) is 1.49. The van der Waals surface area contributed by atoms with E-state index in [1.807, 2.05) is 0 Å². The van der Waals surface area contributed by atoms with E-state index < -0.39 is 0 Å². The third kappa shape index (κ3) is 11.4. The molecule has 15 heavy (non-hydrogen) atoms. The first-order valence-electron chi connectivity index (χ1n) is 5.72. The van der Waals surface area contributed by atoms with Crippen molar-refractivity contribution in [3.05, 3.63) is 28.5 Å². The molecule has 1 aromatic heterocycles. The lowest BCUT2D eigenvalue weighted by atomic mass is 10.1. The van der Waals surface area contributed by atoms with Crippen LogP contribution in [0.4, 0.5) is 0 Å². The zero-order valence-electron chi connectivity index (χ0n) is 10.7. The van der Waals surface area contributed by atoms with Crippen LogP contribution < -0.4 is 0 Å². The third-order valence-electron chi connectivity index (χ3n) is 1.43. The Morgan fingerprint density at radius 1 is 1.20 bits per heavy atom. The highest BCUT2D eigenvalue weighted by atomic mass is 32.1. The van der Waals surface area contributed by atoms with Crippen LogP contribution in [-0.4, -0.2) is 0 Å². The van der Waals surface area contributed by atoms with Gasteiger partial charge in [-0.05, 0) is 35.8 Å². The Labute approximate surface area is 99.0 Å². The molecule has 0 saturated carbocycles. The van der Waals surface area contributed by atoms with Gasteiger partial charge in [0.2, 0.25) is 0 Å². The average Bonchev–Trinajstić information content (AvgIpc) is 2.54. The van der Waals surface area contributed by atoms with Crippen LogP contribution in [0.3, 0.4) is 0 Å². The van der Waals surface area contributed by atoms with E-state index in [4.69, 9.17) is 0 Å². The predicted octanol–water partition coefficient (Wildman–Crippen LogP) is 5.47.